The molecule has 0 atom stereocenters. The maximum absolute atomic E-state index is 2.52. The summed E-state index contributed by atoms with van der Waals surface area (Å²) in [6.45, 7) is 11.6. The van der Waals surface area contributed by atoms with E-state index in [2.05, 4.69) is 65.7 Å². The van der Waals surface area contributed by atoms with E-state index in [9.17, 15) is 0 Å². The first kappa shape index (κ1) is 17.5. The minimum absolute atomic E-state index is 0.357. The van der Waals surface area contributed by atoms with Crippen molar-refractivity contribution in [1.29, 1.82) is 0 Å². The van der Waals surface area contributed by atoms with Crippen LogP contribution in [-0.2, 0) is 6.42 Å². The molecule has 1 saturated carbocycles. The molecule has 1 aromatic carbocycles. The number of hydrogen-bond donors (Lipinski definition) is 0. The summed E-state index contributed by atoms with van der Waals surface area (Å²) in [6.07, 6.45) is 6.67. The Hall–Kier alpha value is -0.820. The van der Waals surface area contributed by atoms with Crippen molar-refractivity contribution in [3.8, 4) is 0 Å². The van der Waals surface area contributed by atoms with Crippen LogP contribution in [0.25, 0.3) is 0 Å². The third kappa shape index (κ3) is 3.56. The Bertz CT molecular complexity index is 482. The Kier molecular flexibility index (Phi) is 5.37. The van der Waals surface area contributed by atoms with Crippen LogP contribution in [0, 0.1) is 32.6 Å². The van der Waals surface area contributed by atoms with E-state index in [-0.39, 0.29) is 0 Å². The minimum Gasteiger partial charge on any atom is -0.303 e. The second kappa shape index (κ2) is 6.74. The summed E-state index contributed by atoms with van der Waals surface area (Å²) in [5.41, 5.74) is 6.29. The predicted molar refractivity (Wildman–Crippen MR) is 97.6 cm³/mol. The molecule has 1 nitrogen and oxygen atoms in total. The van der Waals surface area contributed by atoms with Gasteiger partial charge in [0.25, 0.3) is 0 Å². The predicted octanol–water partition coefficient (Wildman–Crippen LogP) is 5.30. The van der Waals surface area contributed by atoms with Crippen molar-refractivity contribution >= 4 is 0 Å². The van der Waals surface area contributed by atoms with Crippen LogP contribution in [0.4, 0.5) is 0 Å². The molecule has 0 N–H and O–H groups in total. The average molecular weight is 302 g/mol. The molecule has 1 aromatic rings. The van der Waals surface area contributed by atoms with Gasteiger partial charge in [-0.3, -0.25) is 0 Å². The van der Waals surface area contributed by atoms with Gasteiger partial charge in [-0.05, 0) is 95.5 Å². The molecule has 0 spiro atoms. The second-order valence-electron chi connectivity index (χ2n) is 8.25. The van der Waals surface area contributed by atoms with Gasteiger partial charge in [0.1, 0.15) is 0 Å². The summed E-state index contributed by atoms with van der Waals surface area (Å²) in [5.74, 6) is 1.76. The molecule has 0 saturated heterocycles. The normalized spacial score (nSPS) is 26.0. The molecule has 0 radical (unpaired) electrons. The standard InChI is InChI=1S/C21H35N/c1-15(2)19-8-10-21(11-9-19,22(6)7)14-20-17(4)12-16(3)13-18(20)5/h12-13,15,19H,8-11,14H2,1-7H3. The first-order chi connectivity index (χ1) is 10.2. The van der Waals surface area contributed by atoms with Gasteiger partial charge < -0.3 is 4.90 Å². The topological polar surface area (TPSA) is 3.24 Å². The highest BCUT2D eigenvalue weighted by atomic mass is 15.1. The molecule has 0 amide bonds. The van der Waals surface area contributed by atoms with Crippen LogP contribution in [0.15, 0.2) is 12.1 Å². The zero-order valence-corrected chi connectivity index (χ0v) is 15.8. The van der Waals surface area contributed by atoms with E-state index >= 15 is 0 Å². The summed E-state index contributed by atoms with van der Waals surface area (Å²) >= 11 is 0. The van der Waals surface area contributed by atoms with Gasteiger partial charge in [-0.25, -0.2) is 0 Å². The van der Waals surface area contributed by atoms with Crippen molar-refractivity contribution in [2.45, 2.75) is 72.3 Å². The Labute approximate surface area is 138 Å². The van der Waals surface area contributed by atoms with Crippen LogP contribution >= 0.6 is 0 Å². The average Bonchev–Trinajstić information content (AvgIpc) is 2.43. The number of nitrogens with zero attached hydrogens (tertiary/aromatic N) is 1. The van der Waals surface area contributed by atoms with Gasteiger partial charge in [0.2, 0.25) is 0 Å². The molecule has 0 aliphatic heterocycles. The molecule has 22 heavy (non-hydrogen) atoms. The van der Waals surface area contributed by atoms with Gasteiger partial charge in [0.15, 0.2) is 0 Å². The van der Waals surface area contributed by atoms with Crippen LogP contribution in [0.1, 0.15) is 61.8 Å². The first-order valence-corrected chi connectivity index (χ1v) is 8.99. The van der Waals surface area contributed by atoms with E-state index in [1.807, 2.05) is 0 Å². The zero-order chi connectivity index (χ0) is 16.5. The largest absolute Gasteiger partial charge is 0.303 e. The molecule has 2 rings (SSSR count). The van der Waals surface area contributed by atoms with Crippen LogP contribution < -0.4 is 0 Å². The van der Waals surface area contributed by atoms with Crippen LogP contribution in [0.2, 0.25) is 0 Å². The fourth-order valence-corrected chi connectivity index (χ4v) is 4.44. The van der Waals surface area contributed by atoms with Gasteiger partial charge >= 0.3 is 0 Å². The SMILES string of the molecule is Cc1cc(C)c(CC2(N(C)C)CCC(C(C)C)CC2)c(C)c1. The van der Waals surface area contributed by atoms with Gasteiger partial charge in [0, 0.05) is 5.54 Å². The van der Waals surface area contributed by atoms with Crippen molar-refractivity contribution in [3.05, 3.63) is 34.4 Å². The molecule has 0 bridgehead atoms. The van der Waals surface area contributed by atoms with Crippen molar-refractivity contribution < 1.29 is 0 Å². The molecule has 0 heterocycles. The monoisotopic (exact) mass is 301 g/mol. The molecular formula is C21H35N. The number of hydrogen-bond acceptors (Lipinski definition) is 1. The van der Waals surface area contributed by atoms with Gasteiger partial charge in [0.05, 0.1) is 0 Å². The first-order valence-electron chi connectivity index (χ1n) is 8.99. The van der Waals surface area contributed by atoms with E-state index in [0.717, 1.165) is 11.8 Å². The molecule has 0 aromatic heterocycles. The van der Waals surface area contributed by atoms with E-state index in [1.54, 1.807) is 5.56 Å². The number of rotatable bonds is 4. The summed E-state index contributed by atoms with van der Waals surface area (Å²) in [6, 6.07) is 4.71. The lowest BCUT2D eigenvalue weighted by Gasteiger charge is -2.46. The van der Waals surface area contributed by atoms with Crippen LogP contribution in [0.5, 0.6) is 0 Å². The number of likely N-dealkylation sites (N-methyl/N-ethyl adjacent to an activating group) is 1. The number of aryl methyl sites for hydroxylation is 3. The summed E-state index contributed by atoms with van der Waals surface area (Å²) in [7, 11) is 4.57. The molecule has 1 aliphatic carbocycles. The second-order valence-corrected chi connectivity index (χ2v) is 8.25. The zero-order valence-electron chi connectivity index (χ0n) is 15.8. The van der Waals surface area contributed by atoms with E-state index in [4.69, 9.17) is 0 Å². The molecule has 124 valence electrons. The van der Waals surface area contributed by atoms with Crippen molar-refractivity contribution in [2.75, 3.05) is 14.1 Å². The molecule has 0 unspecified atom stereocenters. The quantitative estimate of drug-likeness (QED) is 0.729. The van der Waals surface area contributed by atoms with E-state index < -0.39 is 0 Å². The van der Waals surface area contributed by atoms with Gasteiger partial charge in [-0.1, -0.05) is 31.5 Å². The summed E-state index contributed by atoms with van der Waals surface area (Å²) in [4.78, 5) is 2.52. The Morgan fingerprint density at radius 3 is 1.95 bits per heavy atom. The van der Waals surface area contributed by atoms with Crippen molar-refractivity contribution in [2.24, 2.45) is 11.8 Å². The summed E-state index contributed by atoms with van der Waals surface area (Å²) in [5, 5.41) is 0. The fourth-order valence-electron chi connectivity index (χ4n) is 4.44. The van der Waals surface area contributed by atoms with Crippen LogP contribution in [-0.4, -0.2) is 24.5 Å². The van der Waals surface area contributed by atoms with E-state index in [1.165, 1.54) is 48.8 Å². The Balaban J connectivity index is 2.24. The van der Waals surface area contributed by atoms with Crippen molar-refractivity contribution in [1.82, 2.24) is 4.90 Å². The Morgan fingerprint density at radius 1 is 1.05 bits per heavy atom. The molecule has 1 heteroatoms. The summed E-state index contributed by atoms with van der Waals surface area (Å²) < 4.78 is 0. The highest BCUT2D eigenvalue weighted by molar-refractivity contribution is 5.38. The molecule has 1 fully saturated rings. The van der Waals surface area contributed by atoms with Gasteiger partial charge in [-0.2, -0.15) is 0 Å². The third-order valence-electron chi connectivity index (χ3n) is 6.20. The lowest BCUT2D eigenvalue weighted by Crippen LogP contribution is -2.49. The highest BCUT2D eigenvalue weighted by Crippen LogP contribution is 2.41. The highest BCUT2D eigenvalue weighted by Gasteiger charge is 2.38. The Morgan fingerprint density at radius 2 is 1.55 bits per heavy atom. The van der Waals surface area contributed by atoms with Gasteiger partial charge in [-0.15, -0.1) is 0 Å². The van der Waals surface area contributed by atoms with Crippen molar-refractivity contribution in [3.63, 3.8) is 0 Å². The van der Waals surface area contributed by atoms with Crippen LogP contribution in [0.3, 0.4) is 0 Å². The maximum atomic E-state index is 2.52. The lowest BCUT2D eigenvalue weighted by atomic mass is 9.69. The molecule has 1 aliphatic rings. The number of benzene rings is 1. The third-order valence-corrected chi connectivity index (χ3v) is 6.20. The minimum atomic E-state index is 0.357. The van der Waals surface area contributed by atoms with E-state index in [0.29, 0.717) is 5.54 Å². The lowest BCUT2D eigenvalue weighted by molar-refractivity contribution is 0.0681. The fraction of sp³-hybridized carbons (Fsp3) is 0.714. The smallest absolute Gasteiger partial charge is 0.0244 e. The molecular weight excluding hydrogens is 266 g/mol. The maximum Gasteiger partial charge on any atom is 0.0244 e.